The van der Waals surface area contributed by atoms with Gasteiger partial charge in [0.1, 0.15) is 13.2 Å². The van der Waals surface area contributed by atoms with Crippen LogP contribution < -0.4 is 14.8 Å². The van der Waals surface area contributed by atoms with Crippen molar-refractivity contribution in [3.05, 3.63) is 41.7 Å². The highest BCUT2D eigenvalue weighted by molar-refractivity contribution is 6.12. The second-order valence-corrected chi connectivity index (χ2v) is 7.60. The predicted octanol–water partition coefficient (Wildman–Crippen LogP) is 3.91. The summed E-state index contributed by atoms with van der Waals surface area (Å²) < 4.78 is 13.0. The van der Waals surface area contributed by atoms with Gasteiger partial charge in [-0.2, -0.15) is 5.10 Å². The van der Waals surface area contributed by atoms with E-state index >= 15 is 0 Å². The van der Waals surface area contributed by atoms with Crippen LogP contribution in [0, 0.1) is 0 Å². The lowest BCUT2D eigenvalue weighted by Gasteiger charge is -2.19. The summed E-state index contributed by atoms with van der Waals surface area (Å²) in [5, 5.41) is 8.22. The van der Waals surface area contributed by atoms with E-state index in [4.69, 9.17) is 14.5 Å². The molecule has 1 aliphatic heterocycles. The number of nitrogens with zero attached hydrogens (tertiary/aromatic N) is 3. The molecule has 1 amide bonds. The number of nitrogens with one attached hydrogen (secondary N) is 1. The number of anilines is 1. The summed E-state index contributed by atoms with van der Waals surface area (Å²) in [5.74, 6) is 1.62. The lowest BCUT2D eigenvalue weighted by molar-refractivity contribution is 0.102. The molecule has 1 fully saturated rings. The normalized spacial score (nSPS) is 15.8. The molecule has 0 bridgehead atoms. The van der Waals surface area contributed by atoms with Crippen LogP contribution in [0.3, 0.4) is 0 Å². The largest absolute Gasteiger partial charge is 0.486 e. The van der Waals surface area contributed by atoms with Crippen molar-refractivity contribution in [1.29, 1.82) is 0 Å². The molecule has 0 unspecified atom stereocenters. The van der Waals surface area contributed by atoms with E-state index in [0.29, 0.717) is 41.9 Å². The maximum absolute atomic E-state index is 13.1. The Morgan fingerprint density at radius 2 is 1.96 bits per heavy atom. The number of hydrogen-bond donors (Lipinski definition) is 1. The minimum Gasteiger partial charge on any atom is -0.486 e. The van der Waals surface area contributed by atoms with Crippen molar-refractivity contribution in [2.24, 2.45) is 0 Å². The fourth-order valence-electron chi connectivity index (χ4n) is 3.51. The first-order valence-electron chi connectivity index (χ1n) is 9.69. The van der Waals surface area contributed by atoms with Crippen molar-refractivity contribution in [1.82, 2.24) is 14.8 Å². The van der Waals surface area contributed by atoms with Gasteiger partial charge in [0.15, 0.2) is 17.1 Å². The number of aromatic nitrogens is 3. The van der Waals surface area contributed by atoms with E-state index in [-0.39, 0.29) is 11.9 Å². The third-order valence-corrected chi connectivity index (χ3v) is 5.12. The number of carbonyl (C=O) groups is 1. The molecule has 7 heteroatoms. The zero-order valence-corrected chi connectivity index (χ0v) is 15.9. The molecular weight excluding hydrogens is 356 g/mol. The van der Waals surface area contributed by atoms with Crippen molar-refractivity contribution >= 4 is 22.6 Å². The molecule has 1 N–H and O–H groups in total. The molecule has 0 saturated heterocycles. The van der Waals surface area contributed by atoms with Gasteiger partial charge in [-0.15, -0.1) is 0 Å². The minimum absolute atomic E-state index is 0.172. The number of benzene rings is 1. The molecular formula is C21H22N4O3. The SMILES string of the molecule is CC(C)n1ncc2c(C(=O)Nc3ccc4c(c3)OCCO4)cc(C3CC3)nc21. The molecule has 7 nitrogen and oxygen atoms in total. The van der Waals surface area contributed by atoms with E-state index in [1.807, 2.05) is 22.9 Å². The molecule has 3 aromatic rings. The van der Waals surface area contributed by atoms with Crippen LogP contribution in [0.1, 0.15) is 54.7 Å². The number of rotatable bonds is 4. The van der Waals surface area contributed by atoms with E-state index in [0.717, 1.165) is 29.6 Å². The van der Waals surface area contributed by atoms with Gasteiger partial charge in [-0.25, -0.2) is 9.67 Å². The van der Waals surface area contributed by atoms with E-state index in [9.17, 15) is 4.79 Å². The minimum atomic E-state index is -0.172. The molecule has 144 valence electrons. The maximum Gasteiger partial charge on any atom is 0.256 e. The first kappa shape index (κ1) is 17.0. The van der Waals surface area contributed by atoms with Gasteiger partial charge in [-0.05, 0) is 44.9 Å². The number of ether oxygens (including phenoxy) is 2. The van der Waals surface area contributed by atoms with Crippen LogP contribution in [0.4, 0.5) is 5.69 Å². The fraction of sp³-hybridized carbons (Fsp3) is 0.381. The first-order valence-corrected chi connectivity index (χ1v) is 9.69. The molecule has 3 heterocycles. The smallest absolute Gasteiger partial charge is 0.256 e. The molecule has 0 spiro atoms. The summed E-state index contributed by atoms with van der Waals surface area (Å²) >= 11 is 0. The Balaban J connectivity index is 1.52. The van der Waals surface area contributed by atoms with Crippen LogP contribution in [0.25, 0.3) is 11.0 Å². The molecule has 1 aliphatic carbocycles. The van der Waals surface area contributed by atoms with Crippen molar-refractivity contribution in [2.75, 3.05) is 18.5 Å². The van der Waals surface area contributed by atoms with Crippen LogP contribution >= 0.6 is 0 Å². The quantitative estimate of drug-likeness (QED) is 0.745. The fourth-order valence-corrected chi connectivity index (χ4v) is 3.51. The van der Waals surface area contributed by atoms with E-state index < -0.39 is 0 Å². The van der Waals surface area contributed by atoms with Gasteiger partial charge < -0.3 is 14.8 Å². The highest BCUT2D eigenvalue weighted by Crippen LogP contribution is 2.40. The molecule has 1 aromatic carbocycles. The monoisotopic (exact) mass is 378 g/mol. The molecule has 28 heavy (non-hydrogen) atoms. The first-order chi connectivity index (χ1) is 13.6. The second-order valence-electron chi connectivity index (χ2n) is 7.60. The van der Waals surface area contributed by atoms with Crippen molar-refractivity contribution < 1.29 is 14.3 Å². The maximum atomic E-state index is 13.1. The van der Waals surface area contributed by atoms with Gasteiger partial charge in [0, 0.05) is 29.4 Å². The Morgan fingerprint density at radius 3 is 2.71 bits per heavy atom. The van der Waals surface area contributed by atoms with Gasteiger partial charge in [0.25, 0.3) is 5.91 Å². The highest BCUT2D eigenvalue weighted by Gasteiger charge is 2.28. The zero-order valence-electron chi connectivity index (χ0n) is 15.9. The Bertz CT molecular complexity index is 1070. The highest BCUT2D eigenvalue weighted by atomic mass is 16.6. The Kier molecular flexibility index (Phi) is 3.96. The van der Waals surface area contributed by atoms with E-state index in [1.54, 1.807) is 12.3 Å². The lowest BCUT2D eigenvalue weighted by atomic mass is 10.1. The molecule has 5 rings (SSSR count). The number of carbonyl (C=O) groups excluding carboxylic acids is 1. The predicted molar refractivity (Wildman–Crippen MR) is 105 cm³/mol. The Morgan fingerprint density at radius 1 is 1.18 bits per heavy atom. The summed E-state index contributed by atoms with van der Waals surface area (Å²) in [5.41, 5.74) is 3.02. The summed E-state index contributed by atoms with van der Waals surface area (Å²) in [6.45, 7) is 5.17. The standard InChI is InChI=1S/C21H22N4O3/c1-12(2)25-20-16(11-22-25)15(10-17(24-20)13-3-4-13)21(26)23-14-5-6-18-19(9-14)28-8-7-27-18/h5-6,9-13H,3-4,7-8H2,1-2H3,(H,23,26). The average Bonchev–Trinajstić information content (AvgIpc) is 3.45. The van der Waals surface area contributed by atoms with Crippen LogP contribution in [0.15, 0.2) is 30.5 Å². The number of hydrogen-bond acceptors (Lipinski definition) is 5. The second kappa shape index (κ2) is 6.51. The number of pyridine rings is 1. The molecule has 0 atom stereocenters. The van der Waals surface area contributed by atoms with Crippen LogP contribution in [-0.2, 0) is 0 Å². The number of amides is 1. The topological polar surface area (TPSA) is 78.3 Å². The lowest BCUT2D eigenvalue weighted by Crippen LogP contribution is -2.17. The summed E-state index contributed by atoms with van der Waals surface area (Å²) in [6, 6.07) is 7.53. The van der Waals surface area contributed by atoms with Crippen molar-refractivity contribution in [2.45, 2.75) is 38.6 Å². The van der Waals surface area contributed by atoms with Crippen LogP contribution in [0.5, 0.6) is 11.5 Å². The molecule has 2 aliphatic rings. The molecule has 1 saturated carbocycles. The van der Waals surface area contributed by atoms with Gasteiger partial charge in [0.05, 0.1) is 17.1 Å². The van der Waals surface area contributed by atoms with Gasteiger partial charge in [0.2, 0.25) is 0 Å². The summed E-state index contributed by atoms with van der Waals surface area (Å²) in [7, 11) is 0. The van der Waals surface area contributed by atoms with E-state index in [2.05, 4.69) is 24.3 Å². The summed E-state index contributed by atoms with van der Waals surface area (Å²) in [4.78, 5) is 17.9. The third kappa shape index (κ3) is 2.96. The molecule has 2 aromatic heterocycles. The van der Waals surface area contributed by atoms with Gasteiger partial charge >= 0.3 is 0 Å². The van der Waals surface area contributed by atoms with Gasteiger partial charge in [-0.1, -0.05) is 0 Å². The number of fused-ring (bicyclic) bond motifs is 2. The Hall–Kier alpha value is -3.09. The Labute approximate surface area is 162 Å². The van der Waals surface area contributed by atoms with Crippen molar-refractivity contribution in [3.8, 4) is 11.5 Å². The van der Waals surface area contributed by atoms with Gasteiger partial charge in [-0.3, -0.25) is 4.79 Å². The van der Waals surface area contributed by atoms with Crippen molar-refractivity contribution in [3.63, 3.8) is 0 Å². The van der Waals surface area contributed by atoms with Crippen LogP contribution in [0.2, 0.25) is 0 Å². The van der Waals surface area contributed by atoms with E-state index in [1.165, 1.54) is 0 Å². The van der Waals surface area contributed by atoms with Crippen LogP contribution in [-0.4, -0.2) is 33.9 Å². The average molecular weight is 378 g/mol. The summed E-state index contributed by atoms with van der Waals surface area (Å²) in [6.07, 6.45) is 3.98. The third-order valence-electron chi connectivity index (χ3n) is 5.12. The molecule has 0 radical (unpaired) electrons. The zero-order chi connectivity index (χ0) is 19.3.